The maximum Gasteiger partial charge on any atom is 0.416 e. The predicted octanol–water partition coefficient (Wildman–Crippen LogP) is 6.27. The van der Waals surface area contributed by atoms with Gasteiger partial charge in [-0.1, -0.05) is 38.3 Å². The topological polar surface area (TPSA) is 53.2 Å². The molecule has 0 bridgehead atoms. The Morgan fingerprint density at radius 2 is 1.69 bits per heavy atom. The summed E-state index contributed by atoms with van der Waals surface area (Å²) in [6.07, 6.45) is 0.360. The number of benzene rings is 2. The van der Waals surface area contributed by atoms with Crippen molar-refractivity contribution in [1.82, 2.24) is 0 Å². The van der Waals surface area contributed by atoms with E-state index in [9.17, 15) is 18.0 Å². The van der Waals surface area contributed by atoms with Gasteiger partial charge in [0.15, 0.2) is 0 Å². The van der Waals surface area contributed by atoms with Gasteiger partial charge in [-0.3, -0.25) is 4.79 Å². The van der Waals surface area contributed by atoms with Crippen LogP contribution in [0.5, 0.6) is 0 Å². The fourth-order valence-electron chi connectivity index (χ4n) is 2.91. The van der Waals surface area contributed by atoms with Crippen molar-refractivity contribution in [3.63, 3.8) is 0 Å². The second-order valence-electron chi connectivity index (χ2n) is 6.92. The summed E-state index contributed by atoms with van der Waals surface area (Å²) in [6, 6.07) is 10.6. The van der Waals surface area contributed by atoms with Crippen molar-refractivity contribution in [2.75, 3.05) is 23.0 Å². The van der Waals surface area contributed by atoms with E-state index in [1.165, 1.54) is 12.1 Å². The molecule has 4 nitrogen and oxygen atoms in total. The molecule has 0 aliphatic carbocycles. The lowest BCUT2D eigenvalue weighted by atomic mass is 10.1. The Morgan fingerprint density at radius 1 is 0.966 bits per heavy atom. The minimum Gasteiger partial charge on any atom is -0.386 e. The summed E-state index contributed by atoms with van der Waals surface area (Å²) in [7, 11) is 1.77. The molecule has 29 heavy (non-hydrogen) atoms. The lowest BCUT2D eigenvalue weighted by Crippen LogP contribution is -2.12. The van der Waals surface area contributed by atoms with Crippen LogP contribution < -0.4 is 16.0 Å². The van der Waals surface area contributed by atoms with Crippen LogP contribution in [-0.4, -0.2) is 13.0 Å². The van der Waals surface area contributed by atoms with E-state index >= 15 is 0 Å². The molecule has 2 rings (SSSR count). The third-order valence-electron chi connectivity index (χ3n) is 4.60. The third kappa shape index (κ3) is 7.33. The average Bonchev–Trinajstić information content (AvgIpc) is 2.70. The lowest BCUT2D eigenvalue weighted by molar-refractivity contribution is -0.137. The van der Waals surface area contributed by atoms with Crippen molar-refractivity contribution in [2.24, 2.45) is 0 Å². The molecule has 2 aromatic carbocycles. The van der Waals surface area contributed by atoms with Gasteiger partial charge in [-0.2, -0.15) is 13.2 Å². The quantitative estimate of drug-likeness (QED) is 0.407. The average molecular weight is 407 g/mol. The molecule has 0 fully saturated rings. The highest BCUT2D eigenvalue weighted by atomic mass is 19.4. The predicted molar refractivity (Wildman–Crippen MR) is 112 cm³/mol. The van der Waals surface area contributed by atoms with Gasteiger partial charge >= 0.3 is 6.18 Å². The van der Waals surface area contributed by atoms with Gasteiger partial charge in [0.25, 0.3) is 0 Å². The van der Waals surface area contributed by atoms with E-state index in [4.69, 9.17) is 0 Å². The molecule has 3 N–H and O–H groups in total. The second-order valence-corrected chi connectivity index (χ2v) is 6.92. The van der Waals surface area contributed by atoms with Crippen LogP contribution in [-0.2, 0) is 17.5 Å². The van der Waals surface area contributed by atoms with Crippen LogP contribution >= 0.6 is 0 Å². The number of unbranched alkanes of at least 4 members (excludes halogenated alkanes) is 3. The molecule has 1 amide bonds. The third-order valence-corrected chi connectivity index (χ3v) is 4.60. The zero-order valence-electron chi connectivity index (χ0n) is 16.8. The highest BCUT2D eigenvalue weighted by Gasteiger charge is 2.29. The van der Waals surface area contributed by atoms with Gasteiger partial charge in [-0.05, 0) is 42.3 Å². The van der Waals surface area contributed by atoms with Crippen molar-refractivity contribution in [3.8, 4) is 0 Å². The molecular weight excluding hydrogens is 379 g/mol. The summed E-state index contributed by atoms with van der Waals surface area (Å²) in [5.74, 6) is -0.0110. The number of amides is 1. The van der Waals surface area contributed by atoms with E-state index in [0.717, 1.165) is 54.8 Å². The summed E-state index contributed by atoms with van der Waals surface area (Å²) in [6.45, 7) is 2.52. The van der Waals surface area contributed by atoms with E-state index < -0.39 is 11.7 Å². The first kappa shape index (κ1) is 22.6. The van der Waals surface area contributed by atoms with Gasteiger partial charge in [0.05, 0.1) is 16.9 Å². The first-order chi connectivity index (χ1) is 13.8. The molecule has 158 valence electrons. The number of nitrogens with one attached hydrogen (secondary N) is 3. The minimum atomic E-state index is -4.33. The molecular formula is C22H28F3N3O. The number of carbonyl (C=O) groups is 1. The zero-order valence-corrected chi connectivity index (χ0v) is 16.8. The van der Waals surface area contributed by atoms with Crippen molar-refractivity contribution in [2.45, 2.75) is 51.7 Å². The van der Waals surface area contributed by atoms with Crippen LogP contribution in [0.2, 0.25) is 0 Å². The van der Waals surface area contributed by atoms with Crippen LogP contribution in [0.25, 0.3) is 0 Å². The largest absolute Gasteiger partial charge is 0.416 e. The van der Waals surface area contributed by atoms with Gasteiger partial charge in [-0.25, -0.2) is 0 Å². The molecule has 0 aromatic heterocycles. The van der Waals surface area contributed by atoms with E-state index in [1.54, 1.807) is 7.05 Å². The smallest absolute Gasteiger partial charge is 0.386 e. The molecule has 0 aliphatic rings. The monoisotopic (exact) mass is 407 g/mol. The number of rotatable bonds is 10. The van der Waals surface area contributed by atoms with E-state index in [0.29, 0.717) is 18.7 Å². The van der Waals surface area contributed by atoms with Crippen molar-refractivity contribution in [3.05, 3.63) is 53.6 Å². The molecule has 0 atom stereocenters. The fraction of sp³-hybridized carbons (Fsp3) is 0.409. The summed E-state index contributed by atoms with van der Waals surface area (Å²) in [5, 5.41) is 9.17. The van der Waals surface area contributed by atoms with Crippen molar-refractivity contribution < 1.29 is 18.0 Å². The van der Waals surface area contributed by atoms with Crippen LogP contribution in [0.3, 0.4) is 0 Å². The van der Waals surface area contributed by atoms with Crippen LogP contribution in [0.1, 0.15) is 50.2 Å². The Kier molecular flexibility index (Phi) is 8.36. The normalized spacial score (nSPS) is 11.2. The van der Waals surface area contributed by atoms with E-state index in [-0.39, 0.29) is 5.91 Å². The summed E-state index contributed by atoms with van der Waals surface area (Å²) < 4.78 is 37.9. The van der Waals surface area contributed by atoms with Crippen LogP contribution in [0.4, 0.5) is 30.2 Å². The summed E-state index contributed by atoms with van der Waals surface area (Å²) in [4.78, 5) is 12.1. The van der Waals surface area contributed by atoms with Crippen LogP contribution in [0.15, 0.2) is 42.5 Å². The molecule has 0 heterocycles. The Morgan fingerprint density at radius 3 is 2.31 bits per heavy atom. The van der Waals surface area contributed by atoms with Gasteiger partial charge < -0.3 is 16.0 Å². The first-order valence-corrected chi connectivity index (χ1v) is 9.85. The summed E-state index contributed by atoms with van der Waals surface area (Å²) >= 11 is 0. The summed E-state index contributed by atoms with van der Waals surface area (Å²) in [5.41, 5.74) is 2.36. The Bertz CT molecular complexity index is 789. The number of hydrogen-bond donors (Lipinski definition) is 3. The second kappa shape index (κ2) is 10.7. The van der Waals surface area contributed by atoms with Crippen molar-refractivity contribution in [1.29, 1.82) is 0 Å². The van der Waals surface area contributed by atoms with E-state index in [1.807, 2.05) is 18.2 Å². The molecule has 0 saturated carbocycles. The molecule has 7 heteroatoms. The molecule has 0 aliphatic heterocycles. The van der Waals surface area contributed by atoms with Gasteiger partial charge in [-0.15, -0.1) is 0 Å². The van der Waals surface area contributed by atoms with Crippen LogP contribution in [0, 0.1) is 0 Å². The highest BCUT2D eigenvalue weighted by molar-refractivity contribution is 5.94. The number of anilines is 3. The standard InChI is InChI=1S/C22H28F3N3O/c1-3-4-5-6-7-21(29)28-19-13-12-18(14-20(19)26-2)27-15-16-8-10-17(11-9-16)22(23,24)25/h8-14,26-27H,3-7,15H2,1-2H3,(H,28,29). The SMILES string of the molecule is CCCCCCC(=O)Nc1ccc(NCc2ccc(C(F)(F)F)cc2)cc1NC. The number of hydrogen-bond acceptors (Lipinski definition) is 3. The number of halogens is 3. The Labute approximate surface area is 169 Å². The molecule has 0 unspecified atom stereocenters. The fourth-order valence-corrected chi connectivity index (χ4v) is 2.91. The highest BCUT2D eigenvalue weighted by Crippen LogP contribution is 2.29. The zero-order chi connectivity index (χ0) is 21.3. The lowest BCUT2D eigenvalue weighted by Gasteiger charge is -2.14. The van der Waals surface area contributed by atoms with Gasteiger partial charge in [0.2, 0.25) is 5.91 Å². The maximum atomic E-state index is 12.6. The number of alkyl halides is 3. The Balaban J connectivity index is 1.93. The van der Waals surface area contributed by atoms with Gasteiger partial charge in [0, 0.05) is 25.7 Å². The molecule has 0 spiro atoms. The number of carbonyl (C=O) groups excluding carboxylic acids is 1. The minimum absolute atomic E-state index is 0.0110. The maximum absolute atomic E-state index is 12.6. The van der Waals surface area contributed by atoms with Gasteiger partial charge in [0.1, 0.15) is 0 Å². The Hall–Kier alpha value is -2.70. The molecule has 0 radical (unpaired) electrons. The van der Waals surface area contributed by atoms with Crippen molar-refractivity contribution >= 4 is 23.0 Å². The molecule has 0 saturated heterocycles. The van der Waals surface area contributed by atoms with E-state index in [2.05, 4.69) is 22.9 Å². The first-order valence-electron chi connectivity index (χ1n) is 9.85. The molecule has 2 aromatic rings.